The number of carboxylic acid groups (broad SMARTS) is 1. The summed E-state index contributed by atoms with van der Waals surface area (Å²) in [5.41, 5.74) is 5.68. The quantitative estimate of drug-likeness (QED) is 0.579. The monoisotopic (exact) mass is 252 g/mol. The van der Waals surface area contributed by atoms with E-state index in [1.165, 1.54) is 0 Å². The molecular formula is C9H20N2O4S. The number of carbonyl (C=O) groups is 1. The van der Waals surface area contributed by atoms with Crippen LogP contribution in [0.15, 0.2) is 0 Å². The van der Waals surface area contributed by atoms with Crippen molar-refractivity contribution in [3.63, 3.8) is 0 Å². The van der Waals surface area contributed by atoms with Crippen molar-refractivity contribution in [1.29, 1.82) is 0 Å². The molecule has 0 saturated carbocycles. The number of hydrogen-bond acceptors (Lipinski definition) is 4. The Hall–Kier alpha value is -0.660. The minimum Gasteiger partial charge on any atom is -0.480 e. The van der Waals surface area contributed by atoms with Gasteiger partial charge in [-0.25, -0.2) is 13.1 Å². The second-order valence-electron chi connectivity index (χ2n) is 4.26. The summed E-state index contributed by atoms with van der Waals surface area (Å²) in [6.45, 7) is 5.15. The van der Waals surface area contributed by atoms with E-state index in [9.17, 15) is 13.2 Å². The van der Waals surface area contributed by atoms with Crippen LogP contribution in [-0.4, -0.2) is 37.3 Å². The first-order valence-corrected chi connectivity index (χ1v) is 6.68. The van der Waals surface area contributed by atoms with Crippen LogP contribution in [0.3, 0.4) is 0 Å². The van der Waals surface area contributed by atoms with Crippen LogP contribution in [0.1, 0.15) is 27.2 Å². The van der Waals surface area contributed by atoms with Crippen molar-refractivity contribution in [2.45, 2.75) is 38.5 Å². The van der Waals surface area contributed by atoms with Gasteiger partial charge in [0.25, 0.3) is 0 Å². The molecule has 16 heavy (non-hydrogen) atoms. The van der Waals surface area contributed by atoms with Crippen molar-refractivity contribution in [2.75, 3.05) is 6.54 Å². The maximum Gasteiger partial charge on any atom is 0.323 e. The largest absolute Gasteiger partial charge is 0.480 e. The molecule has 0 spiro atoms. The highest BCUT2D eigenvalue weighted by atomic mass is 32.2. The Bertz CT molecular complexity index is 326. The van der Waals surface area contributed by atoms with Gasteiger partial charge in [0.2, 0.25) is 10.0 Å². The minimum atomic E-state index is -3.82. The molecule has 0 heterocycles. The number of aliphatic carboxylic acids is 1. The lowest BCUT2D eigenvalue weighted by molar-refractivity contribution is -0.136. The van der Waals surface area contributed by atoms with E-state index in [4.69, 9.17) is 10.8 Å². The van der Waals surface area contributed by atoms with Crippen LogP contribution in [0.5, 0.6) is 0 Å². The summed E-state index contributed by atoms with van der Waals surface area (Å²) in [7, 11) is -3.82. The molecule has 0 fully saturated rings. The van der Waals surface area contributed by atoms with Crippen molar-refractivity contribution < 1.29 is 18.3 Å². The number of hydrogen-bond donors (Lipinski definition) is 3. The van der Waals surface area contributed by atoms with E-state index < -0.39 is 21.2 Å². The Morgan fingerprint density at radius 1 is 1.38 bits per heavy atom. The molecule has 0 aliphatic heterocycles. The van der Waals surface area contributed by atoms with Gasteiger partial charge in [-0.2, -0.15) is 0 Å². The molecule has 0 amide bonds. The fourth-order valence-corrected chi connectivity index (χ4v) is 2.13. The number of sulfonamides is 1. The molecule has 0 saturated heterocycles. The van der Waals surface area contributed by atoms with E-state index in [1.54, 1.807) is 0 Å². The average molecular weight is 252 g/mol. The zero-order chi connectivity index (χ0) is 12.9. The van der Waals surface area contributed by atoms with Gasteiger partial charge in [-0.15, -0.1) is 0 Å². The van der Waals surface area contributed by atoms with E-state index in [1.807, 2.05) is 13.8 Å². The summed E-state index contributed by atoms with van der Waals surface area (Å²) in [6.07, 6.45) is 0.684. The van der Waals surface area contributed by atoms with Crippen molar-refractivity contribution in [2.24, 2.45) is 11.7 Å². The number of nitrogens with one attached hydrogen (secondary N) is 1. The van der Waals surface area contributed by atoms with Gasteiger partial charge in [-0.05, 0) is 19.3 Å². The molecule has 0 radical (unpaired) electrons. The molecule has 0 aromatic carbocycles. The van der Waals surface area contributed by atoms with Gasteiger partial charge in [0, 0.05) is 12.6 Å². The van der Waals surface area contributed by atoms with E-state index in [0.29, 0.717) is 12.3 Å². The SMILES string of the molecule is CC(C)CC(N)CNS(=O)(=O)C(C)C(=O)O. The van der Waals surface area contributed by atoms with Gasteiger partial charge in [0.15, 0.2) is 5.25 Å². The highest BCUT2D eigenvalue weighted by Crippen LogP contribution is 2.03. The normalized spacial score (nSPS) is 16.1. The summed E-state index contributed by atoms with van der Waals surface area (Å²) in [4.78, 5) is 10.5. The van der Waals surface area contributed by atoms with Gasteiger partial charge < -0.3 is 10.8 Å². The Kier molecular flexibility index (Phi) is 5.91. The molecule has 0 aliphatic carbocycles. The van der Waals surface area contributed by atoms with Crippen molar-refractivity contribution in [1.82, 2.24) is 4.72 Å². The Balaban J connectivity index is 4.25. The van der Waals surface area contributed by atoms with Gasteiger partial charge in [0.1, 0.15) is 0 Å². The zero-order valence-electron chi connectivity index (χ0n) is 9.80. The molecule has 4 N–H and O–H groups in total. The predicted molar refractivity (Wildman–Crippen MR) is 61.5 cm³/mol. The van der Waals surface area contributed by atoms with E-state index in [-0.39, 0.29) is 12.6 Å². The Morgan fingerprint density at radius 2 is 1.88 bits per heavy atom. The van der Waals surface area contributed by atoms with Crippen LogP contribution in [-0.2, 0) is 14.8 Å². The highest BCUT2D eigenvalue weighted by Gasteiger charge is 2.27. The zero-order valence-corrected chi connectivity index (χ0v) is 10.6. The third kappa shape index (κ3) is 5.43. The molecule has 0 aromatic rings. The maximum atomic E-state index is 11.4. The first kappa shape index (κ1) is 15.3. The van der Waals surface area contributed by atoms with Crippen LogP contribution in [0.4, 0.5) is 0 Å². The predicted octanol–water partition coefficient (Wildman–Crippen LogP) is -0.248. The molecular weight excluding hydrogens is 232 g/mol. The van der Waals surface area contributed by atoms with E-state index >= 15 is 0 Å². The second-order valence-corrected chi connectivity index (χ2v) is 6.35. The third-order valence-electron chi connectivity index (χ3n) is 2.13. The first-order chi connectivity index (χ1) is 7.16. The standard InChI is InChI=1S/C9H20N2O4S/c1-6(2)4-8(10)5-11-16(14,15)7(3)9(12)13/h6-8,11H,4-5,10H2,1-3H3,(H,12,13). The van der Waals surface area contributed by atoms with Crippen molar-refractivity contribution in [3.05, 3.63) is 0 Å². The lowest BCUT2D eigenvalue weighted by Gasteiger charge is -2.16. The van der Waals surface area contributed by atoms with Crippen LogP contribution in [0.2, 0.25) is 0 Å². The third-order valence-corrected chi connectivity index (χ3v) is 3.84. The lowest BCUT2D eigenvalue weighted by Crippen LogP contribution is -2.43. The van der Waals surface area contributed by atoms with E-state index in [0.717, 1.165) is 6.92 Å². The second kappa shape index (κ2) is 6.17. The molecule has 2 unspecified atom stereocenters. The molecule has 96 valence electrons. The molecule has 2 atom stereocenters. The Morgan fingerprint density at radius 3 is 2.25 bits per heavy atom. The number of carboxylic acids is 1. The van der Waals surface area contributed by atoms with Crippen molar-refractivity contribution >= 4 is 16.0 Å². The van der Waals surface area contributed by atoms with Gasteiger partial charge >= 0.3 is 5.97 Å². The summed E-state index contributed by atoms with van der Waals surface area (Å²) < 4.78 is 25.0. The van der Waals surface area contributed by atoms with Crippen molar-refractivity contribution in [3.8, 4) is 0 Å². The summed E-state index contributed by atoms with van der Waals surface area (Å²) in [6, 6.07) is -0.296. The highest BCUT2D eigenvalue weighted by molar-refractivity contribution is 7.90. The molecule has 7 heteroatoms. The Labute approximate surface area is 96.3 Å². The topological polar surface area (TPSA) is 109 Å². The smallest absolute Gasteiger partial charge is 0.323 e. The summed E-state index contributed by atoms with van der Waals surface area (Å²) in [5, 5.41) is 7.12. The average Bonchev–Trinajstić information content (AvgIpc) is 2.12. The molecule has 0 bridgehead atoms. The molecule has 0 rings (SSSR count). The van der Waals surface area contributed by atoms with Gasteiger partial charge in [0.05, 0.1) is 0 Å². The fourth-order valence-electron chi connectivity index (χ4n) is 1.17. The molecule has 0 aliphatic rings. The molecule has 0 aromatic heterocycles. The number of nitrogens with two attached hydrogens (primary N) is 1. The van der Waals surface area contributed by atoms with Gasteiger partial charge in [-0.1, -0.05) is 13.8 Å². The van der Waals surface area contributed by atoms with Crippen LogP contribution in [0, 0.1) is 5.92 Å². The molecule has 6 nitrogen and oxygen atoms in total. The first-order valence-electron chi connectivity index (χ1n) is 5.13. The fraction of sp³-hybridized carbons (Fsp3) is 0.889. The number of rotatable bonds is 7. The summed E-state index contributed by atoms with van der Waals surface area (Å²) >= 11 is 0. The lowest BCUT2D eigenvalue weighted by atomic mass is 10.1. The maximum absolute atomic E-state index is 11.4. The summed E-state index contributed by atoms with van der Waals surface area (Å²) in [5.74, 6) is -0.999. The van der Waals surface area contributed by atoms with Crippen LogP contribution < -0.4 is 10.5 Å². The minimum absolute atomic E-state index is 0.0676. The van der Waals surface area contributed by atoms with Crippen LogP contribution >= 0.6 is 0 Å². The van der Waals surface area contributed by atoms with E-state index in [2.05, 4.69) is 4.72 Å². The van der Waals surface area contributed by atoms with Crippen LogP contribution in [0.25, 0.3) is 0 Å². The van der Waals surface area contributed by atoms with Gasteiger partial charge in [-0.3, -0.25) is 4.79 Å².